The van der Waals surface area contributed by atoms with Crippen LogP contribution in [0.2, 0.25) is 0 Å². The minimum Gasteiger partial charge on any atom is -0.492 e. The van der Waals surface area contributed by atoms with Crippen LogP contribution in [0.3, 0.4) is 0 Å². The highest BCUT2D eigenvalue weighted by Crippen LogP contribution is 2.21. The number of aromatic nitrogens is 1. The second kappa shape index (κ2) is 5.48. The second-order valence-electron chi connectivity index (χ2n) is 4.32. The molecule has 5 heteroatoms. The van der Waals surface area contributed by atoms with Crippen LogP contribution in [-0.4, -0.2) is 17.1 Å². The molecule has 0 spiro atoms. The fraction of sp³-hybridized carbons (Fsp3) is 0.133. The van der Waals surface area contributed by atoms with Crippen molar-refractivity contribution < 1.29 is 4.74 Å². The van der Waals surface area contributed by atoms with E-state index in [1.54, 1.807) is 3.96 Å². The lowest BCUT2D eigenvalue weighted by Crippen LogP contribution is -2.11. The van der Waals surface area contributed by atoms with Crippen LogP contribution in [0.4, 0.5) is 0 Å². The molecule has 0 aliphatic rings. The van der Waals surface area contributed by atoms with E-state index in [1.807, 2.05) is 48.5 Å². The van der Waals surface area contributed by atoms with Gasteiger partial charge in [-0.2, -0.15) is 0 Å². The minimum atomic E-state index is 0.0150. The van der Waals surface area contributed by atoms with Crippen LogP contribution >= 0.6 is 11.5 Å². The zero-order valence-electron chi connectivity index (χ0n) is 10.8. The minimum absolute atomic E-state index is 0.0150. The van der Waals surface area contributed by atoms with Gasteiger partial charge >= 0.3 is 0 Å². The van der Waals surface area contributed by atoms with Crippen LogP contribution in [0.15, 0.2) is 53.3 Å². The molecule has 0 fully saturated rings. The molecule has 102 valence electrons. The van der Waals surface area contributed by atoms with Crippen LogP contribution in [0.1, 0.15) is 0 Å². The number of nitrogens with zero attached hydrogens (tertiary/aromatic N) is 1. The number of ether oxygens (including phenoxy) is 1. The Labute approximate surface area is 120 Å². The molecule has 3 aromatic rings. The number of hydrogen-bond donors (Lipinski definition) is 1. The molecule has 0 saturated heterocycles. The summed E-state index contributed by atoms with van der Waals surface area (Å²) in [5, 5.41) is 0.751. The number of fused-ring (bicyclic) bond motifs is 1. The molecule has 4 nitrogen and oxygen atoms in total. The number of hydrogen-bond acceptors (Lipinski definition) is 4. The predicted octanol–water partition coefficient (Wildman–Crippen LogP) is 2.39. The summed E-state index contributed by atoms with van der Waals surface area (Å²) in [5.74, 6) is 0.758. The zero-order valence-corrected chi connectivity index (χ0v) is 11.6. The Bertz CT molecular complexity index is 774. The molecule has 3 rings (SSSR count). The lowest BCUT2D eigenvalue weighted by Gasteiger charge is -2.05. The van der Waals surface area contributed by atoms with Crippen molar-refractivity contribution in [2.45, 2.75) is 0 Å². The van der Waals surface area contributed by atoms with Crippen LogP contribution in [-0.2, 0) is 0 Å². The highest BCUT2D eigenvalue weighted by atomic mass is 32.1. The van der Waals surface area contributed by atoms with Gasteiger partial charge in [-0.25, -0.2) is 3.96 Å². The van der Waals surface area contributed by atoms with E-state index < -0.39 is 0 Å². The van der Waals surface area contributed by atoms with Crippen molar-refractivity contribution in [2.75, 3.05) is 13.2 Å². The molecule has 0 aliphatic carbocycles. The molecule has 0 aliphatic heterocycles. The lowest BCUT2D eigenvalue weighted by molar-refractivity contribution is 0.328. The van der Waals surface area contributed by atoms with Gasteiger partial charge in [-0.05, 0) is 36.4 Å². The lowest BCUT2D eigenvalue weighted by atomic mass is 10.3. The van der Waals surface area contributed by atoms with Gasteiger partial charge in [0.15, 0.2) is 0 Å². The summed E-state index contributed by atoms with van der Waals surface area (Å²) in [6, 6.07) is 15.1. The van der Waals surface area contributed by atoms with Crippen molar-refractivity contribution in [1.82, 2.24) is 3.96 Å². The van der Waals surface area contributed by atoms with E-state index in [-0.39, 0.29) is 5.56 Å². The average Bonchev–Trinajstić information content (AvgIpc) is 2.83. The van der Waals surface area contributed by atoms with Crippen molar-refractivity contribution in [1.29, 1.82) is 0 Å². The smallest absolute Gasteiger partial charge is 0.273 e. The molecule has 0 atom stereocenters. The summed E-state index contributed by atoms with van der Waals surface area (Å²) in [6.07, 6.45) is 0. The Balaban J connectivity index is 1.98. The standard InChI is InChI=1S/C15H14N2O2S/c16-9-10-19-12-7-5-11(6-8-12)17-15(18)13-3-1-2-4-14(13)20-17/h1-8H,9-10,16H2. The molecular weight excluding hydrogens is 272 g/mol. The summed E-state index contributed by atoms with van der Waals surface area (Å²) >= 11 is 1.44. The topological polar surface area (TPSA) is 57.2 Å². The van der Waals surface area contributed by atoms with E-state index in [1.165, 1.54) is 11.5 Å². The van der Waals surface area contributed by atoms with Gasteiger partial charge in [-0.15, -0.1) is 0 Å². The second-order valence-corrected chi connectivity index (χ2v) is 5.31. The molecule has 2 N–H and O–H groups in total. The van der Waals surface area contributed by atoms with Gasteiger partial charge in [0.05, 0.1) is 15.8 Å². The molecule has 0 unspecified atom stereocenters. The van der Waals surface area contributed by atoms with Gasteiger partial charge < -0.3 is 10.5 Å². The Hall–Kier alpha value is -2.11. The van der Waals surface area contributed by atoms with Crippen molar-refractivity contribution in [3.8, 4) is 11.4 Å². The molecule has 0 amide bonds. The first-order valence-electron chi connectivity index (χ1n) is 6.34. The van der Waals surface area contributed by atoms with Gasteiger partial charge in [0.25, 0.3) is 5.56 Å². The Kier molecular flexibility index (Phi) is 3.54. The first-order valence-corrected chi connectivity index (χ1v) is 7.11. The Morgan fingerprint density at radius 1 is 1.10 bits per heavy atom. The molecule has 2 aromatic carbocycles. The molecule has 0 radical (unpaired) electrons. The third-order valence-corrected chi connectivity index (χ3v) is 4.06. The van der Waals surface area contributed by atoms with Gasteiger partial charge in [-0.3, -0.25) is 4.79 Å². The summed E-state index contributed by atoms with van der Waals surface area (Å²) in [7, 11) is 0. The zero-order chi connectivity index (χ0) is 13.9. The SMILES string of the molecule is NCCOc1ccc(-n2sc3ccccc3c2=O)cc1. The highest BCUT2D eigenvalue weighted by Gasteiger charge is 2.08. The average molecular weight is 286 g/mol. The van der Waals surface area contributed by atoms with E-state index >= 15 is 0 Å². The fourth-order valence-electron chi connectivity index (χ4n) is 2.00. The van der Waals surface area contributed by atoms with E-state index in [4.69, 9.17) is 10.5 Å². The summed E-state index contributed by atoms with van der Waals surface area (Å²) in [4.78, 5) is 12.3. The molecule has 0 bridgehead atoms. The first-order chi connectivity index (χ1) is 9.79. The maximum Gasteiger partial charge on any atom is 0.273 e. The van der Waals surface area contributed by atoms with Crippen molar-refractivity contribution in [3.63, 3.8) is 0 Å². The molecule has 1 heterocycles. The van der Waals surface area contributed by atoms with Crippen LogP contribution in [0, 0.1) is 0 Å². The Morgan fingerprint density at radius 2 is 1.85 bits per heavy atom. The van der Waals surface area contributed by atoms with E-state index in [2.05, 4.69) is 0 Å². The largest absolute Gasteiger partial charge is 0.492 e. The van der Waals surface area contributed by atoms with Crippen LogP contribution < -0.4 is 16.0 Å². The van der Waals surface area contributed by atoms with Gasteiger partial charge in [0.1, 0.15) is 12.4 Å². The van der Waals surface area contributed by atoms with Crippen molar-refractivity contribution in [3.05, 3.63) is 58.9 Å². The summed E-state index contributed by atoms with van der Waals surface area (Å²) < 4.78 is 8.11. The first kappa shape index (κ1) is 12.9. The van der Waals surface area contributed by atoms with Crippen LogP contribution in [0.5, 0.6) is 5.75 Å². The van der Waals surface area contributed by atoms with Gasteiger partial charge in [-0.1, -0.05) is 23.7 Å². The quantitative estimate of drug-likeness (QED) is 0.801. The molecule has 0 saturated carbocycles. The number of rotatable bonds is 4. The third kappa shape index (κ3) is 2.33. The third-order valence-electron chi connectivity index (χ3n) is 2.95. The molecule has 20 heavy (non-hydrogen) atoms. The van der Waals surface area contributed by atoms with E-state index in [9.17, 15) is 4.79 Å². The maximum atomic E-state index is 12.3. The monoisotopic (exact) mass is 286 g/mol. The van der Waals surface area contributed by atoms with Crippen LogP contribution in [0.25, 0.3) is 15.8 Å². The maximum absolute atomic E-state index is 12.3. The van der Waals surface area contributed by atoms with E-state index in [0.29, 0.717) is 13.2 Å². The van der Waals surface area contributed by atoms with Crippen molar-refractivity contribution >= 4 is 21.6 Å². The summed E-state index contributed by atoms with van der Waals surface area (Å²) in [6.45, 7) is 0.972. The highest BCUT2D eigenvalue weighted by molar-refractivity contribution is 7.14. The fourth-order valence-corrected chi connectivity index (χ4v) is 2.99. The van der Waals surface area contributed by atoms with Crippen molar-refractivity contribution in [2.24, 2.45) is 5.73 Å². The Morgan fingerprint density at radius 3 is 2.55 bits per heavy atom. The molecular formula is C15H14N2O2S. The normalized spacial score (nSPS) is 10.8. The molecule has 1 aromatic heterocycles. The predicted molar refractivity (Wildman–Crippen MR) is 82.0 cm³/mol. The number of benzene rings is 2. The number of nitrogens with two attached hydrogens (primary N) is 1. The summed E-state index contributed by atoms with van der Waals surface area (Å²) in [5.41, 5.74) is 6.25. The van der Waals surface area contributed by atoms with Gasteiger partial charge in [0, 0.05) is 6.54 Å². The van der Waals surface area contributed by atoms with E-state index in [0.717, 1.165) is 21.5 Å². The van der Waals surface area contributed by atoms with Gasteiger partial charge in [0.2, 0.25) is 0 Å².